The lowest BCUT2D eigenvalue weighted by Crippen LogP contribution is -1.97. The van der Waals surface area contributed by atoms with Gasteiger partial charge in [0.15, 0.2) is 0 Å². The molecule has 0 heterocycles. The van der Waals surface area contributed by atoms with E-state index in [9.17, 15) is 0 Å². The van der Waals surface area contributed by atoms with Gasteiger partial charge in [-0.05, 0) is 42.2 Å². The maximum Gasteiger partial charge on any atom is 0.119 e. The van der Waals surface area contributed by atoms with Gasteiger partial charge in [-0.3, -0.25) is 0 Å². The van der Waals surface area contributed by atoms with E-state index in [1.165, 1.54) is 10.8 Å². The second-order valence-electron chi connectivity index (χ2n) is 4.11. The number of hydrogen-bond acceptors (Lipinski definition) is 1. The lowest BCUT2D eigenvalue weighted by molar-refractivity contribution is 0.307. The van der Waals surface area contributed by atoms with Crippen molar-refractivity contribution in [1.82, 2.24) is 0 Å². The van der Waals surface area contributed by atoms with E-state index in [0.717, 1.165) is 37.5 Å². The third kappa shape index (κ3) is 3.64. The third-order valence-electron chi connectivity index (χ3n) is 2.77. The highest BCUT2D eigenvalue weighted by Crippen LogP contribution is 2.20. The van der Waals surface area contributed by atoms with Crippen molar-refractivity contribution in [2.75, 3.05) is 12.5 Å². The van der Waals surface area contributed by atoms with Crippen molar-refractivity contribution in [1.29, 1.82) is 0 Å². The molecule has 0 amide bonds. The molecule has 90 valence electrons. The number of hydrogen-bond donors (Lipinski definition) is 0. The topological polar surface area (TPSA) is 9.23 Å². The molecule has 2 aromatic rings. The minimum absolute atomic E-state index is 0.746. The normalized spacial score (nSPS) is 10.6. The number of fused-ring (bicyclic) bond motifs is 1. The molecule has 0 radical (unpaired) electrons. The van der Waals surface area contributed by atoms with Crippen LogP contribution in [-0.4, -0.2) is 12.5 Å². The molecule has 0 spiro atoms. The lowest BCUT2D eigenvalue weighted by Gasteiger charge is -2.06. The van der Waals surface area contributed by atoms with Crippen LogP contribution in [0, 0.1) is 0 Å². The minimum Gasteiger partial charge on any atom is -0.494 e. The second kappa shape index (κ2) is 6.51. The van der Waals surface area contributed by atoms with Crippen LogP contribution in [0.25, 0.3) is 10.8 Å². The van der Waals surface area contributed by atoms with Crippen LogP contribution in [0.2, 0.25) is 0 Å². The van der Waals surface area contributed by atoms with Crippen LogP contribution in [0.3, 0.4) is 0 Å². The zero-order valence-corrected chi connectivity index (χ0v) is 10.6. The first-order chi connectivity index (χ1) is 8.40. The van der Waals surface area contributed by atoms with Crippen LogP contribution in [0.5, 0.6) is 5.75 Å². The predicted molar refractivity (Wildman–Crippen MR) is 74.0 cm³/mol. The lowest BCUT2D eigenvalue weighted by atomic mass is 10.1. The molecule has 1 nitrogen and oxygen atoms in total. The van der Waals surface area contributed by atoms with Gasteiger partial charge in [0.1, 0.15) is 5.75 Å². The van der Waals surface area contributed by atoms with E-state index in [0.29, 0.717) is 0 Å². The first kappa shape index (κ1) is 12.3. The summed E-state index contributed by atoms with van der Waals surface area (Å²) >= 11 is 5.62. The Balaban J connectivity index is 1.90. The van der Waals surface area contributed by atoms with E-state index < -0.39 is 0 Å². The monoisotopic (exact) mass is 248 g/mol. The van der Waals surface area contributed by atoms with Gasteiger partial charge in [-0.15, -0.1) is 11.6 Å². The van der Waals surface area contributed by atoms with Crippen LogP contribution in [0.4, 0.5) is 0 Å². The standard InChI is InChI=1S/C15H17ClO/c16-10-4-1-5-11-17-15-9-8-13-6-2-3-7-14(13)12-15/h2-3,6-9,12H,1,4-5,10-11H2. The summed E-state index contributed by atoms with van der Waals surface area (Å²) in [5, 5.41) is 2.48. The Bertz CT molecular complexity index is 467. The summed E-state index contributed by atoms with van der Waals surface area (Å²) in [5.41, 5.74) is 0. The van der Waals surface area contributed by atoms with Crippen molar-refractivity contribution in [3.63, 3.8) is 0 Å². The van der Waals surface area contributed by atoms with Crippen molar-refractivity contribution < 1.29 is 4.74 Å². The number of alkyl halides is 1. The number of rotatable bonds is 6. The summed E-state index contributed by atoms with van der Waals surface area (Å²) in [6.07, 6.45) is 3.28. The number of unbranched alkanes of at least 4 members (excludes halogenated alkanes) is 2. The van der Waals surface area contributed by atoms with Crippen molar-refractivity contribution in [2.24, 2.45) is 0 Å². The average Bonchev–Trinajstić information content (AvgIpc) is 2.38. The highest BCUT2D eigenvalue weighted by molar-refractivity contribution is 6.17. The van der Waals surface area contributed by atoms with E-state index in [1.54, 1.807) is 0 Å². The molecule has 2 aromatic carbocycles. The fraction of sp³-hybridized carbons (Fsp3) is 0.333. The van der Waals surface area contributed by atoms with Crippen LogP contribution in [0.15, 0.2) is 42.5 Å². The van der Waals surface area contributed by atoms with Gasteiger partial charge >= 0.3 is 0 Å². The molecule has 0 aliphatic carbocycles. The van der Waals surface area contributed by atoms with Crippen molar-refractivity contribution in [2.45, 2.75) is 19.3 Å². The SMILES string of the molecule is ClCCCCCOc1ccc2ccccc2c1. The molecule has 0 aromatic heterocycles. The fourth-order valence-electron chi connectivity index (χ4n) is 1.82. The molecule has 0 bridgehead atoms. The zero-order chi connectivity index (χ0) is 11.9. The largest absolute Gasteiger partial charge is 0.494 e. The molecule has 0 aliphatic rings. The molecular formula is C15H17ClO. The highest BCUT2D eigenvalue weighted by atomic mass is 35.5. The van der Waals surface area contributed by atoms with Crippen LogP contribution >= 0.6 is 11.6 Å². The molecule has 0 aliphatic heterocycles. The van der Waals surface area contributed by atoms with Gasteiger partial charge in [0.2, 0.25) is 0 Å². The van der Waals surface area contributed by atoms with Crippen LogP contribution in [0.1, 0.15) is 19.3 Å². The van der Waals surface area contributed by atoms with Gasteiger partial charge in [-0.1, -0.05) is 30.3 Å². The Labute approximate surface area is 107 Å². The first-order valence-corrected chi connectivity index (χ1v) is 6.61. The summed E-state index contributed by atoms with van der Waals surface area (Å²) in [4.78, 5) is 0. The Kier molecular flexibility index (Phi) is 4.69. The Morgan fingerprint density at radius 1 is 0.882 bits per heavy atom. The smallest absolute Gasteiger partial charge is 0.119 e. The molecule has 0 saturated heterocycles. The van der Waals surface area contributed by atoms with E-state index in [2.05, 4.69) is 30.3 Å². The number of benzene rings is 2. The first-order valence-electron chi connectivity index (χ1n) is 6.08. The number of halogens is 1. The van der Waals surface area contributed by atoms with Gasteiger partial charge in [-0.25, -0.2) is 0 Å². The summed E-state index contributed by atoms with van der Waals surface area (Å²) in [6.45, 7) is 0.773. The number of ether oxygens (including phenoxy) is 1. The third-order valence-corrected chi connectivity index (χ3v) is 3.03. The summed E-state index contributed by atoms with van der Waals surface area (Å²) in [5.74, 6) is 1.70. The highest BCUT2D eigenvalue weighted by Gasteiger charge is 1.96. The maximum absolute atomic E-state index is 5.72. The molecule has 0 saturated carbocycles. The van der Waals surface area contributed by atoms with Gasteiger partial charge in [-0.2, -0.15) is 0 Å². The molecule has 0 fully saturated rings. The Hall–Kier alpha value is -1.21. The van der Waals surface area contributed by atoms with Gasteiger partial charge in [0.05, 0.1) is 6.61 Å². The van der Waals surface area contributed by atoms with Crippen molar-refractivity contribution >= 4 is 22.4 Å². The Morgan fingerprint density at radius 2 is 1.71 bits per heavy atom. The van der Waals surface area contributed by atoms with Crippen molar-refractivity contribution in [3.05, 3.63) is 42.5 Å². The van der Waals surface area contributed by atoms with E-state index in [1.807, 2.05) is 12.1 Å². The van der Waals surface area contributed by atoms with E-state index >= 15 is 0 Å². The fourth-order valence-corrected chi connectivity index (χ4v) is 2.01. The molecular weight excluding hydrogens is 232 g/mol. The zero-order valence-electron chi connectivity index (χ0n) is 9.86. The average molecular weight is 249 g/mol. The van der Waals surface area contributed by atoms with Gasteiger partial charge in [0, 0.05) is 5.88 Å². The van der Waals surface area contributed by atoms with Crippen molar-refractivity contribution in [3.8, 4) is 5.75 Å². The quantitative estimate of drug-likeness (QED) is 0.535. The molecule has 2 heteroatoms. The van der Waals surface area contributed by atoms with Gasteiger partial charge in [0.25, 0.3) is 0 Å². The molecule has 0 atom stereocenters. The molecule has 0 unspecified atom stereocenters. The molecule has 2 rings (SSSR count). The summed E-state index contributed by atoms with van der Waals surface area (Å²) in [7, 11) is 0. The summed E-state index contributed by atoms with van der Waals surface area (Å²) < 4.78 is 5.72. The van der Waals surface area contributed by atoms with E-state index in [-0.39, 0.29) is 0 Å². The predicted octanol–water partition coefficient (Wildman–Crippen LogP) is 4.63. The van der Waals surface area contributed by atoms with Crippen LogP contribution < -0.4 is 4.74 Å². The second-order valence-corrected chi connectivity index (χ2v) is 4.49. The Morgan fingerprint density at radius 3 is 2.53 bits per heavy atom. The summed E-state index contributed by atoms with van der Waals surface area (Å²) in [6, 6.07) is 14.5. The van der Waals surface area contributed by atoms with Gasteiger partial charge < -0.3 is 4.74 Å². The molecule has 0 N–H and O–H groups in total. The molecule has 17 heavy (non-hydrogen) atoms. The minimum atomic E-state index is 0.746. The van der Waals surface area contributed by atoms with E-state index in [4.69, 9.17) is 16.3 Å². The maximum atomic E-state index is 5.72. The van der Waals surface area contributed by atoms with Crippen LogP contribution in [-0.2, 0) is 0 Å².